The van der Waals surface area contributed by atoms with Gasteiger partial charge in [-0.05, 0) is 44.2 Å². The van der Waals surface area contributed by atoms with E-state index in [1.165, 1.54) is 0 Å². The summed E-state index contributed by atoms with van der Waals surface area (Å²) in [5, 5.41) is 3.48. The van der Waals surface area contributed by atoms with Crippen LogP contribution >= 0.6 is 11.6 Å². The van der Waals surface area contributed by atoms with Crippen molar-refractivity contribution in [2.24, 2.45) is 0 Å². The maximum atomic E-state index is 12.4. The Balaban J connectivity index is 1.41. The molecule has 1 N–H and O–H groups in total. The summed E-state index contributed by atoms with van der Waals surface area (Å²) in [5.74, 6) is 1.00. The van der Waals surface area contributed by atoms with Crippen molar-refractivity contribution in [2.75, 3.05) is 45.1 Å². The Morgan fingerprint density at radius 2 is 2.00 bits per heavy atom. The predicted octanol–water partition coefficient (Wildman–Crippen LogP) is 2.39. The molecule has 3 rings (SSSR count). The highest BCUT2D eigenvalue weighted by molar-refractivity contribution is 7.84. The van der Waals surface area contributed by atoms with Crippen LogP contribution in [0.15, 0.2) is 28.7 Å². The van der Waals surface area contributed by atoms with Gasteiger partial charge in [0.15, 0.2) is 0 Å². The van der Waals surface area contributed by atoms with Gasteiger partial charge in [0.05, 0.1) is 24.7 Å². The number of aryl methyl sites for hydroxylation is 1. The Morgan fingerprint density at radius 1 is 1.28 bits per heavy atom. The quantitative estimate of drug-likeness (QED) is 0.604. The number of hydrogen-bond donors (Lipinski definition) is 1. The molecule has 158 valence electrons. The molecule has 1 aliphatic rings. The summed E-state index contributed by atoms with van der Waals surface area (Å²) in [6, 6.07) is 7.16. The number of hydrogen-bond acceptors (Lipinski definition) is 6. The van der Waals surface area contributed by atoms with E-state index in [4.69, 9.17) is 20.8 Å². The zero-order valence-corrected chi connectivity index (χ0v) is 18.1. The number of carbonyl (C=O) groups excluding carboxylic acids is 1. The van der Waals surface area contributed by atoms with Gasteiger partial charge in [-0.1, -0.05) is 11.6 Å². The number of benzene rings is 1. The summed E-state index contributed by atoms with van der Waals surface area (Å²) in [6.45, 7) is 6.71. The zero-order chi connectivity index (χ0) is 20.6. The average molecular weight is 440 g/mol. The number of nitrogens with zero attached hydrogens (tertiary/aromatic N) is 2. The number of ether oxygens (including phenoxy) is 1. The van der Waals surface area contributed by atoms with Crippen molar-refractivity contribution >= 4 is 28.3 Å². The highest BCUT2D eigenvalue weighted by Crippen LogP contribution is 2.24. The van der Waals surface area contributed by atoms with Crippen LogP contribution in [0, 0.1) is 6.92 Å². The van der Waals surface area contributed by atoms with Crippen LogP contribution in [0.1, 0.15) is 17.9 Å². The molecule has 0 bridgehead atoms. The normalized spacial score (nSPS) is 15.9. The van der Waals surface area contributed by atoms with Crippen LogP contribution in [-0.4, -0.2) is 65.1 Å². The van der Waals surface area contributed by atoms with E-state index in [-0.39, 0.29) is 17.4 Å². The number of amides is 1. The van der Waals surface area contributed by atoms with Gasteiger partial charge in [0.1, 0.15) is 11.5 Å². The molecular formula is C20H26ClN3O4S. The molecule has 7 nitrogen and oxygen atoms in total. The first-order chi connectivity index (χ1) is 14.0. The van der Waals surface area contributed by atoms with Gasteiger partial charge >= 0.3 is 0 Å². The minimum absolute atomic E-state index is 0.0415. The lowest BCUT2D eigenvalue weighted by atomic mass is 10.2. The third-order valence-corrected chi connectivity index (χ3v) is 6.08. The van der Waals surface area contributed by atoms with E-state index >= 15 is 0 Å². The Bertz CT molecular complexity index is 835. The summed E-state index contributed by atoms with van der Waals surface area (Å²) >= 11 is 5.90. The van der Waals surface area contributed by atoms with E-state index in [2.05, 4.69) is 15.2 Å². The Labute approximate surface area is 178 Å². The summed E-state index contributed by atoms with van der Waals surface area (Å²) < 4.78 is 23.4. The smallest absolute Gasteiger partial charge is 0.232 e. The fourth-order valence-corrected chi connectivity index (χ4v) is 4.23. The van der Waals surface area contributed by atoms with Gasteiger partial charge in [-0.2, -0.15) is 0 Å². The highest BCUT2D eigenvalue weighted by atomic mass is 35.5. The fraction of sp³-hybridized carbons (Fsp3) is 0.500. The van der Waals surface area contributed by atoms with Gasteiger partial charge < -0.3 is 14.5 Å². The number of oxazole rings is 1. The first kappa shape index (κ1) is 22.0. The predicted molar refractivity (Wildman–Crippen MR) is 113 cm³/mol. The molecule has 9 heteroatoms. The van der Waals surface area contributed by atoms with Crippen LogP contribution in [0.2, 0.25) is 5.02 Å². The number of morpholine rings is 1. The van der Waals surface area contributed by atoms with Crippen molar-refractivity contribution in [1.82, 2.24) is 15.2 Å². The van der Waals surface area contributed by atoms with Crippen LogP contribution in [0.3, 0.4) is 0 Å². The first-order valence-corrected chi connectivity index (χ1v) is 11.5. The van der Waals surface area contributed by atoms with Gasteiger partial charge in [0, 0.05) is 41.0 Å². The molecule has 2 heterocycles. The second kappa shape index (κ2) is 10.9. The van der Waals surface area contributed by atoms with E-state index < -0.39 is 10.8 Å². The van der Waals surface area contributed by atoms with Gasteiger partial charge in [-0.25, -0.2) is 4.98 Å². The van der Waals surface area contributed by atoms with Gasteiger partial charge in [-0.3, -0.25) is 13.9 Å². The SMILES string of the molecule is Cc1oc(-c2ccc(Cl)cc2)nc1C[S@](=O)CC(=O)NCCCN1CCOCC1. The summed E-state index contributed by atoms with van der Waals surface area (Å²) in [6.07, 6.45) is 0.866. The van der Waals surface area contributed by atoms with Crippen LogP contribution < -0.4 is 5.32 Å². The molecule has 1 saturated heterocycles. The topological polar surface area (TPSA) is 84.7 Å². The van der Waals surface area contributed by atoms with Crippen molar-refractivity contribution in [3.8, 4) is 11.5 Å². The van der Waals surface area contributed by atoms with Crippen LogP contribution in [0.5, 0.6) is 0 Å². The molecule has 0 unspecified atom stereocenters. The molecule has 1 amide bonds. The Hall–Kier alpha value is -1.74. The lowest BCUT2D eigenvalue weighted by molar-refractivity contribution is -0.118. The molecular weight excluding hydrogens is 414 g/mol. The first-order valence-electron chi connectivity index (χ1n) is 9.65. The molecule has 0 saturated carbocycles. The maximum absolute atomic E-state index is 12.4. The summed E-state index contributed by atoms with van der Waals surface area (Å²) in [5.41, 5.74) is 1.40. The van der Waals surface area contributed by atoms with E-state index in [1.807, 2.05) is 12.1 Å². The van der Waals surface area contributed by atoms with Crippen molar-refractivity contribution in [2.45, 2.75) is 19.1 Å². The minimum atomic E-state index is -1.35. The third-order valence-electron chi connectivity index (χ3n) is 4.65. The molecule has 2 aromatic rings. The molecule has 29 heavy (non-hydrogen) atoms. The Morgan fingerprint density at radius 3 is 2.72 bits per heavy atom. The van der Waals surface area contributed by atoms with Crippen LogP contribution in [0.25, 0.3) is 11.5 Å². The third kappa shape index (κ3) is 6.92. The minimum Gasteiger partial charge on any atom is -0.441 e. The monoisotopic (exact) mass is 439 g/mol. The number of rotatable bonds is 9. The van der Waals surface area contributed by atoms with Gasteiger partial charge in [0.25, 0.3) is 0 Å². The average Bonchev–Trinajstić information content (AvgIpc) is 3.07. The van der Waals surface area contributed by atoms with Crippen molar-refractivity contribution in [1.29, 1.82) is 0 Å². The van der Waals surface area contributed by atoms with Crippen molar-refractivity contribution in [3.05, 3.63) is 40.7 Å². The Kier molecular flexibility index (Phi) is 8.23. The number of nitrogens with one attached hydrogen (secondary N) is 1. The van der Waals surface area contributed by atoms with Crippen molar-refractivity contribution in [3.63, 3.8) is 0 Å². The molecule has 0 aliphatic carbocycles. The standard InChI is InChI=1S/C20H26ClN3O4S/c1-15-18(23-20(28-15)16-3-5-17(21)6-4-16)13-29(26)14-19(25)22-7-2-8-24-9-11-27-12-10-24/h3-6H,2,7-14H2,1H3,(H,22,25)/t29-/m0/s1. The zero-order valence-electron chi connectivity index (χ0n) is 16.5. The molecule has 1 aromatic heterocycles. The molecule has 1 fully saturated rings. The molecule has 1 atom stereocenters. The van der Waals surface area contributed by atoms with E-state index in [1.54, 1.807) is 19.1 Å². The lowest BCUT2D eigenvalue weighted by Crippen LogP contribution is -2.38. The summed E-state index contributed by atoms with van der Waals surface area (Å²) in [4.78, 5) is 18.8. The largest absolute Gasteiger partial charge is 0.441 e. The van der Waals surface area contributed by atoms with Crippen molar-refractivity contribution < 1.29 is 18.2 Å². The van der Waals surface area contributed by atoms with Crippen LogP contribution in [0.4, 0.5) is 0 Å². The molecule has 1 aliphatic heterocycles. The van der Waals surface area contributed by atoms with Gasteiger partial charge in [0.2, 0.25) is 11.8 Å². The van der Waals surface area contributed by atoms with Crippen LogP contribution in [-0.2, 0) is 26.1 Å². The van der Waals surface area contributed by atoms with E-state index in [9.17, 15) is 9.00 Å². The second-order valence-corrected chi connectivity index (χ2v) is 8.81. The highest BCUT2D eigenvalue weighted by Gasteiger charge is 2.16. The second-order valence-electron chi connectivity index (χ2n) is 6.91. The molecule has 0 radical (unpaired) electrons. The number of carbonyl (C=O) groups is 1. The van der Waals surface area contributed by atoms with E-state index in [0.717, 1.165) is 44.8 Å². The fourth-order valence-electron chi connectivity index (χ4n) is 3.03. The lowest BCUT2D eigenvalue weighted by Gasteiger charge is -2.26. The van der Waals surface area contributed by atoms with Gasteiger partial charge in [-0.15, -0.1) is 0 Å². The number of halogens is 1. The molecule has 0 spiro atoms. The molecule has 1 aromatic carbocycles. The summed E-state index contributed by atoms with van der Waals surface area (Å²) in [7, 11) is -1.35. The van der Waals surface area contributed by atoms with E-state index in [0.29, 0.717) is 28.9 Å². The number of aromatic nitrogens is 1. The maximum Gasteiger partial charge on any atom is 0.232 e.